The van der Waals surface area contributed by atoms with Crippen LogP contribution in [0.2, 0.25) is 0 Å². The monoisotopic (exact) mass is 280 g/mol. The molecular formula is C12H16N4O4. The van der Waals surface area contributed by atoms with Crippen LogP contribution in [0.1, 0.15) is 6.92 Å². The van der Waals surface area contributed by atoms with E-state index < -0.39 is 4.92 Å². The summed E-state index contributed by atoms with van der Waals surface area (Å²) in [6.45, 7) is 4.50. The molecule has 8 nitrogen and oxygen atoms in total. The number of nitro groups is 1. The Morgan fingerprint density at radius 3 is 2.60 bits per heavy atom. The topological polar surface area (TPSA) is 88.8 Å². The van der Waals surface area contributed by atoms with E-state index in [1.807, 2.05) is 4.90 Å². The molecule has 0 radical (unpaired) electrons. The quantitative estimate of drug-likeness (QED) is 0.612. The van der Waals surface area contributed by atoms with Crippen LogP contribution in [0.5, 0.6) is 0 Å². The Kier molecular flexibility index (Phi) is 4.34. The van der Waals surface area contributed by atoms with Crippen LogP contribution in [0, 0.1) is 10.1 Å². The molecular weight excluding hydrogens is 264 g/mol. The Bertz CT molecular complexity index is 483. The van der Waals surface area contributed by atoms with Gasteiger partial charge in [-0.2, -0.15) is 0 Å². The van der Waals surface area contributed by atoms with Crippen molar-refractivity contribution >= 4 is 17.6 Å². The Morgan fingerprint density at radius 2 is 2.10 bits per heavy atom. The van der Waals surface area contributed by atoms with E-state index in [4.69, 9.17) is 4.74 Å². The van der Waals surface area contributed by atoms with Gasteiger partial charge in [0, 0.05) is 32.2 Å². The van der Waals surface area contributed by atoms with Crippen molar-refractivity contribution in [2.24, 2.45) is 0 Å². The highest BCUT2D eigenvalue weighted by Gasteiger charge is 2.22. The zero-order valence-electron chi connectivity index (χ0n) is 11.2. The van der Waals surface area contributed by atoms with Crippen molar-refractivity contribution in [2.45, 2.75) is 6.92 Å². The van der Waals surface area contributed by atoms with Gasteiger partial charge in [0.25, 0.3) is 5.69 Å². The molecule has 1 aromatic heterocycles. The van der Waals surface area contributed by atoms with E-state index in [-0.39, 0.29) is 11.8 Å². The summed E-state index contributed by atoms with van der Waals surface area (Å²) in [6.07, 6.45) is 0.941. The third kappa shape index (κ3) is 3.14. The predicted octanol–water partition coefficient (Wildman–Crippen LogP) is 1.27. The number of piperazine rings is 1. The minimum absolute atomic E-state index is 0.0288. The van der Waals surface area contributed by atoms with Crippen LogP contribution in [0.15, 0.2) is 18.3 Å². The number of ether oxygens (including phenoxy) is 1. The maximum atomic E-state index is 11.6. The fourth-order valence-electron chi connectivity index (χ4n) is 2.01. The van der Waals surface area contributed by atoms with Gasteiger partial charge in [-0.1, -0.05) is 0 Å². The number of amides is 1. The molecule has 0 aromatic carbocycles. The lowest BCUT2D eigenvalue weighted by Gasteiger charge is -2.34. The highest BCUT2D eigenvalue weighted by Crippen LogP contribution is 2.17. The standard InChI is InChI=1S/C12H16N4O4/c1-2-20-12(17)15-7-5-14(6-8-15)11-4-3-10(9-13-11)16(18)19/h3-4,9H,2,5-8H2,1H3. The molecule has 1 fully saturated rings. The van der Waals surface area contributed by atoms with E-state index in [0.29, 0.717) is 38.6 Å². The fourth-order valence-corrected chi connectivity index (χ4v) is 2.01. The van der Waals surface area contributed by atoms with Gasteiger partial charge in [-0.3, -0.25) is 10.1 Å². The van der Waals surface area contributed by atoms with Gasteiger partial charge in [0.2, 0.25) is 0 Å². The van der Waals surface area contributed by atoms with Crippen molar-refractivity contribution in [3.05, 3.63) is 28.4 Å². The van der Waals surface area contributed by atoms with Gasteiger partial charge in [-0.05, 0) is 13.0 Å². The van der Waals surface area contributed by atoms with Crippen molar-refractivity contribution in [2.75, 3.05) is 37.7 Å². The van der Waals surface area contributed by atoms with E-state index in [1.54, 1.807) is 17.9 Å². The molecule has 0 unspecified atom stereocenters. The van der Waals surface area contributed by atoms with E-state index in [0.717, 1.165) is 0 Å². The molecule has 1 aliphatic rings. The van der Waals surface area contributed by atoms with Gasteiger partial charge in [-0.25, -0.2) is 9.78 Å². The first-order valence-electron chi connectivity index (χ1n) is 6.39. The number of hydrogen-bond acceptors (Lipinski definition) is 6. The summed E-state index contributed by atoms with van der Waals surface area (Å²) in [5.41, 5.74) is -0.0288. The number of hydrogen-bond donors (Lipinski definition) is 0. The molecule has 0 aliphatic carbocycles. The SMILES string of the molecule is CCOC(=O)N1CCN(c2ccc([N+](=O)[O-])cn2)CC1. The van der Waals surface area contributed by atoms with Gasteiger partial charge in [0.1, 0.15) is 12.0 Å². The first kappa shape index (κ1) is 14.0. The Morgan fingerprint density at radius 1 is 1.40 bits per heavy atom. The smallest absolute Gasteiger partial charge is 0.409 e. The van der Waals surface area contributed by atoms with Gasteiger partial charge in [-0.15, -0.1) is 0 Å². The molecule has 1 aliphatic heterocycles. The van der Waals surface area contributed by atoms with Gasteiger partial charge in [0.15, 0.2) is 0 Å². The van der Waals surface area contributed by atoms with Crippen LogP contribution in [0.25, 0.3) is 0 Å². The summed E-state index contributed by atoms with van der Waals surface area (Å²) in [4.78, 5) is 29.3. The lowest BCUT2D eigenvalue weighted by atomic mass is 10.3. The maximum Gasteiger partial charge on any atom is 0.409 e. The van der Waals surface area contributed by atoms with E-state index in [1.165, 1.54) is 12.3 Å². The number of carbonyl (C=O) groups excluding carboxylic acids is 1. The zero-order valence-corrected chi connectivity index (χ0v) is 11.2. The molecule has 1 saturated heterocycles. The lowest BCUT2D eigenvalue weighted by molar-refractivity contribution is -0.385. The Balaban J connectivity index is 1.93. The third-order valence-corrected chi connectivity index (χ3v) is 3.07. The van der Waals surface area contributed by atoms with E-state index in [9.17, 15) is 14.9 Å². The van der Waals surface area contributed by atoms with Crippen LogP contribution in [0.3, 0.4) is 0 Å². The van der Waals surface area contributed by atoms with Crippen LogP contribution < -0.4 is 4.90 Å². The van der Waals surface area contributed by atoms with Gasteiger partial charge < -0.3 is 14.5 Å². The number of anilines is 1. The van der Waals surface area contributed by atoms with Crippen molar-refractivity contribution in [3.63, 3.8) is 0 Å². The zero-order chi connectivity index (χ0) is 14.5. The van der Waals surface area contributed by atoms with Gasteiger partial charge in [0.05, 0.1) is 11.5 Å². The number of carbonyl (C=O) groups is 1. The number of pyridine rings is 1. The normalized spacial score (nSPS) is 15.1. The molecule has 20 heavy (non-hydrogen) atoms. The average Bonchev–Trinajstić information content (AvgIpc) is 2.48. The summed E-state index contributed by atoms with van der Waals surface area (Å²) in [7, 11) is 0. The molecule has 1 aromatic rings. The second-order valence-corrected chi connectivity index (χ2v) is 4.30. The first-order chi connectivity index (χ1) is 9.61. The number of aromatic nitrogens is 1. The summed E-state index contributed by atoms with van der Waals surface area (Å²) in [5.74, 6) is 0.680. The molecule has 8 heteroatoms. The van der Waals surface area contributed by atoms with Crippen LogP contribution in [-0.4, -0.2) is 53.7 Å². The van der Waals surface area contributed by atoms with E-state index >= 15 is 0 Å². The molecule has 0 bridgehead atoms. The molecule has 1 amide bonds. The lowest BCUT2D eigenvalue weighted by Crippen LogP contribution is -2.49. The van der Waals surface area contributed by atoms with Crippen LogP contribution in [0.4, 0.5) is 16.3 Å². The molecule has 2 rings (SSSR count). The molecule has 0 saturated carbocycles. The second-order valence-electron chi connectivity index (χ2n) is 4.30. The van der Waals surface area contributed by atoms with Crippen LogP contribution in [-0.2, 0) is 4.74 Å². The largest absolute Gasteiger partial charge is 0.450 e. The summed E-state index contributed by atoms with van der Waals surface area (Å²) in [6, 6.07) is 3.05. The summed E-state index contributed by atoms with van der Waals surface area (Å²) in [5, 5.41) is 10.6. The summed E-state index contributed by atoms with van der Waals surface area (Å²) >= 11 is 0. The molecule has 0 N–H and O–H groups in total. The van der Waals surface area contributed by atoms with Gasteiger partial charge >= 0.3 is 6.09 Å². The molecule has 108 valence electrons. The third-order valence-electron chi connectivity index (χ3n) is 3.07. The van der Waals surface area contributed by atoms with Crippen LogP contribution >= 0.6 is 0 Å². The highest BCUT2D eigenvalue weighted by molar-refractivity contribution is 5.68. The average molecular weight is 280 g/mol. The molecule has 0 spiro atoms. The van der Waals surface area contributed by atoms with Crippen molar-refractivity contribution in [3.8, 4) is 0 Å². The number of rotatable bonds is 3. The minimum atomic E-state index is -0.477. The highest BCUT2D eigenvalue weighted by atomic mass is 16.6. The van der Waals surface area contributed by atoms with Crippen molar-refractivity contribution in [1.29, 1.82) is 0 Å². The molecule has 0 atom stereocenters. The predicted molar refractivity (Wildman–Crippen MR) is 71.7 cm³/mol. The fraction of sp³-hybridized carbons (Fsp3) is 0.500. The first-order valence-corrected chi connectivity index (χ1v) is 6.39. The second kappa shape index (κ2) is 6.18. The Hall–Kier alpha value is -2.38. The molecule has 2 heterocycles. The van der Waals surface area contributed by atoms with Crippen molar-refractivity contribution in [1.82, 2.24) is 9.88 Å². The Labute approximate surface area is 116 Å². The van der Waals surface area contributed by atoms with Crippen molar-refractivity contribution < 1.29 is 14.5 Å². The summed E-state index contributed by atoms with van der Waals surface area (Å²) < 4.78 is 4.94. The minimum Gasteiger partial charge on any atom is -0.450 e. The maximum absolute atomic E-state index is 11.6. The number of nitrogens with zero attached hydrogens (tertiary/aromatic N) is 4. The van der Waals surface area contributed by atoms with E-state index in [2.05, 4.69) is 4.98 Å².